The summed E-state index contributed by atoms with van der Waals surface area (Å²) in [6.45, 7) is 1.73. The highest BCUT2D eigenvalue weighted by Crippen LogP contribution is 2.02. The van der Waals surface area contributed by atoms with Crippen molar-refractivity contribution in [2.24, 2.45) is 22.9 Å². The Hall–Kier alpha value is -1.59. The summed E-state index contributed by atoms with van der Waals surface area (Å²) in [6, 6.07) is 0. The monoisotopic (exact) mass is 326 g/mol. The van der Waals surface area contributed by atoms with Crippen LogP contribution in [0, 0.1) is 0 Å². The summed E-state index contributed by atoms with van der Waals surface area (Å²) in [5.74, 6) is 0.614. The van der Waals surface area contributed by atoms with Gasteiger partial charge in [-0.15, -0.1) is 0 Å². The molecule has 10 nitrogen and oxygen atoms in total. The van der Waals surface area contributed by atoms with Crippen molar-refractivity contribution in [1.29, 1.82) is 0 Å². The normalized spacial score (nSPS) is 10.2. The van der Waals surface area contributed by atoms with Gasteiger partial charge in [0.25, 0.3) is 0 Å². The van der Waals surface area contributed by atoms with Crippen LogP contribution in [-0.4, -0.2) is 42.5 Å². The fourth-order valence-corrected chi connectivity index (χ4v) is 1.42. The largest absolute Gasteiger partial charge is 0.759 e. The molecule has 0 rings (SSSR count). The molecule has 0 atom stereocenters. The zero-order valence-electron chi connectivity index (χ0n) is 12.0. The average Bonchev–Trinajstić information content (AvgIpc) is 2.28. The Balaban J connectivity index is 0. The van der Waals surface area contributed by atoms with E-state index in [-0.39, 0.29) is 0 Å². The van der Waals surface area contributed by atoms with E-state index in [9.17, 15) is 0 Å². The van der Waals surface area contributed by atoms with Crippen molar-refractivity contribution in [1.82, 2.24) is 0 Å². The number of hydrogen-bond acceptors (Lipinski definition) is 4. The molecule has 0 saturated carbocycles. The molecule has 0 aliphatic carbocycles. The van der Waals surface area contributed by atoms with Crippen molar-refractivity contribution in [2.45, 2.75) is 38.5 Å². The molecule has 21 heavy (non-hydrogen) atoms. The minimum atomic E-state index is -5.17. The molecule has 0 unspecified atom stereocenters. The maximum atomic E-state index is 8.52. The first-order valence-electron chi connectivity index (χ1n) is 6.53. The van der Waals surface area contributed by atoms with Gasteiger partial charge < -0.3 is 9.11 Å². The van der Waals surface area contributed by atoms with Crippen molar-refractivity contribution in [2.75, 3.05) is 13.1 Å². The number of hydrogen-bond donors (Lipinski definition) is 6. The van der Waals surface area contributed by atoms with Crippen LogP contribution in [0.1, 0.15) is 38.5 Å². The van der Waals surface area contributed by atoms with Crippen molar-refractivity contribution < 1.29 is 27.5 Å². The van der Waals surface area contributed by atoms with Gasteiger partial charge in [0, 0.05) is 10.4 Å². The number of guanidine groups is 2. The van der Waals surface area contributed by atoms with Gasteiger partial charge in [-0.25, -0.2) is 0 Å². The summed E-state index contributed by atoms with van der Waals surface area (Å²) in [7, 11) is -5.17. The van der Waals surface area contributed by atoms with E-state index in [0.29, 0.717) is 11.9 Å². The van der Waals surface area contributed by atoms with E-state index in [4.69, 9.17) is 40.5 Å². The molecule has 0 aromatic carbocycles. The second kappa shape index (κ2) is 13.4. The van der Waals surface area contributed by atoms with E-state index in [1.54, 1.807) is 0 Å². The first kappa shape index (κ1) is 21.7. The molecule has 0 spiro atoms. The lowest BCUT2D eigenvalue weighted by Gasteiger charge is -2.06. The molecule has 0 aromatic heterocycles. The maximum absolute atomic E-state index is 8.52. The number of nitrogens with one attached hydrogen (secondary N) is 2. The van der Waals surface area contributed by atoms with Crippen molar-refractivity contribution in [3.05, 3.63) is 0 Å². The van der Waals surface area contributed by atoms with E-state index in [2.05, 4.69) is 9.98 Å². The van der Waals surface area contributed by atoms with Gasteiger partial charge in [-0.1, -0.05) is 25.7 Å². The number of unbranched alkanes of at least 4 members (excludes halogenated alkanes) is 5. The van der Waals surface area contributed by atoms with Crippen LogP contribution in [-0.2, 0) is 10.4 Å². The summed E-state index contributed by atoms with van der Waals surface area (Å²) in [4.78, 5) is 5.80. The van der Waals surface area contributed by atoms with Gasteiger partial charge in [-0.05, 0) is 12.8 Å². The van der Waals surface area contributed by atoms with Crippen LogP contribution in [0.4, 0.5) is 0 Å². The predicted octanol–water partition coefficient (Wildman–Crippen LogP) is -5.30. The molecule has 0 aliphatic heterocycles. The Morgan fingerprint density at radius 1 is 0.714 bits per heavy atom. The third-order valence-electron chi connectivity index (χ3n) is 2.26. The van der Waals surface area contributed by atoms with E-state index in [0.717, 1.165) is 25.9 Å². The van der Waals surface area contributed by atoms with Gasteiger partial charge in [-0.3, -0.25) is 41.3 Å². The Morgan fingerprint density at radius 2 is 0.952 bits per heavy atom. The first-order valence-corrected chi connectivity index (χ1v) is 7.86. The smallest absolute Gasteiger partial charge is 0.338 e. The van der Waals surface area contributed by atoms with E-state index in [1.165, 1.54) is 25.7 Å². The second-order valence-corrected chi connectivity index (χ2v) is 5.11. The molecule has 0 aliphatic rings. The molecule has 11 heteroatoms. The van der Waals surface area contributed by atoms with Crippen molar-refractivity contribution in [3.8, 4) is 0 Å². The Morgan fingerprint density at radius 3 is 1.19 bits per heavy atom. The van der Waals surface area contributed by atoms with Gasteiger partial charge in [0.1, 0.15) is 0 Å². The van der Waals surface area contributed by atoms with E-state index < -0.39 is 10.4 Å². The first-order chi connectivity index (χ1) is 9.63. The van der Waals surface area contributed by atoms with Gasteiger partial charge >= 0.3 is 11.9 Å². The van der Waals surface area contributed by atoms with Crippen LogP contribution in [0.3, 0.4) is 0 Å². The van der Waals surface area contributed by atoms with Crippen LogP contribution in [0.2, 0.25) is 0 Å². The quantitative estimate of drug-likeness (QED) is 0.0789. The molecular formula is C10H26N6O4S. The Kier molecular flexibility index (Phi) is 13.8. The van der Waals surface area contributed by atoms with Crippen molar-refractivity contribution in [3.63, 3.8) is 0 Å². The molecule has 0 fully saturated rings. The van der Waals surface area contributed by atoms with Crippen LogP contribution in [0.25, 0.3) is 0 Å². The topological polar surface area (TPSA) is 212 Å². The SMILES string of the molecule is NC(N)=[NH+]CCCCCCCC[NH+]=C(N)N.O=S(=O)([O-])[O-]. The Bertz CT molecular complexity index is 370. The minimum Gasteiger partial charge on any atom is -0.759 e. The lowest BCUT2D eigenvalue weighted by molar-refractivity contribution is -0.460. The number of rotatable bonds is 9. The molecule has 0 heterocycles. The summed E-state index contributed by atoms with van der Waals surface area (Å²) >= 11 is 0. The third-order valence-corrected chi connectivity index (χ3v) is 2.26. The summed E-state index contributed by atoms with van der Waals surface area (Å²) < 4.78 is 34.1. The molecular weight excluding hydrogens is 300 g/mol. The van der Waals surface area contributed by atoms with E-state index in [1.807, 2.05) is 0 Å². The van der Waals surface area contributed by atoms with Gasteiger partial charge in [0.2, 0.25) is 0 Å². The van der Waals surface area contributed by atoms with Gasteiger partial charge in [0.15, 0.2) is 0 Å². The van der Waals surface area contributed by atoms with Crippen molar-refractivity contribution >= 4 is 22.3 Å². The summed E-state index contributed by atoms with van der Waals surface area (Å²) in [5.41, 5.74) is 21.1. The van der Waals surface area contributed by atoms with Crippen LogP contribution >= 0.6 is 0 Å². The highest BCUT2D eigenvalue weighted by molar-refractivity contribution is 7.79. The fourth-order valence-electron chi connectivity index (χ4n) is 1.42. The second-order valence-electron chi connectivity index (χ2n) is 4.29. The zero-order valence-corrected chi connectivity index (χ0v) is 12.8. The fraction of sp³-hybridized carbons (Fsp3) is 0.800. The molecule has 10 N–H and O–H groups in total. The number of nitrogens with two attached hydrogens (primary N) is 4. The maximum Gasteiger partial charge on any atom is 0.338 e. The highest BCUT2D eigenvalue weighted by Gasteiger charge is 1.93. The predicted molar refractivity (Wildman–Crippen MR) is 76.6 cm³/mol. The molecule has 0 aromatic rings. The van der Waals surface area contributed by atoms with Gasteiger partial charge in [-0.2, -0.15) is 0 Å². The lowest BCUT2D eigenvalue weighted by Crippen LogP contribution is -2.78. The standard InChI is InChI=1S/C10H24N6.H2O4S/c11-9(12)15-7-5-3-1-2-4-6-8-16-10(13)14;1-5(2,3)4/h1-8H2,(H4,11,12,15)(H4,13,14,16);(H2,1,2,3,4). The summed E-state index contributed by atoms with van der Waals surface area (Å²) in [6.07, 6.45) is 7.12. The molecule has 0 radical (unpaired) electrons. The molecule has 0 amide bonds. The van der Waals surface area contributed by atoms with Crippen LogP contribution in [0.15, 0.2) is 0 Å². The van der Waals surface area contributed by atoms with Crippen LogP contribution in [0.5, 0.6) is 0 Å². The van der Waals surface area contributed by atoms with E-state index >= 15 is 0 Å². The average molecular weight is 326 g/mol. The molecule has 0 saturated heterocycles. The minimum absolute atomic E-state index is 0.307. The zero-order chi connectivity index (χ0) is 16.7. The molecule has 126 valence electrons. The Labute approximate surface area is 125 Å². The summed E-state index contributed by atoms with van der Waals surface area (Å²) in [5, 5.41) is 0. The van der Waals surface area contributed by atoms with Gasteiger partial charge in [0.05, 0.1) is 13.1 Å². The highest BCUT2D eigenvalue weighted by atomic mass is 32.3. The third kappa shape index (κ3) is 38.1. The van der Waals surface area contributed by atoms with Crippen LogP contribution < -0.4 is 32.9 Å². The lowest BCUT2D eigenvalue weighted by atomic mass is 10.1. The molecule has 0 bridgehead atoms.